The Labute approximate surface area is 156 Å². The van der Waals surface area contributed by atoms with Gasteiger partial charge in [0.1, 0.15) is 0 Å². The third kappa shape index (κ3) is 5.73. The van der Waals surface area contributed by atoms with Gasteiger partial charge in [0.05, 0.1) is 5.92 Å². The van der Waals surface area contributed by atoms with E-state index in [-0.39, 0.29) is 11.8 Å². The molecule has 2 heteroatoms. The molecule has 0 fully saturated rings. The van der Waals surface area contributed by atoms with E-state index in [2.05, 4.69) is 37.4 Å². The molecule has 0 saturated carbocycles. The lowest BCUT2D eigenvalue weighted by atomic mass is 9.80. The summed E-state index contributed by atoms with van der Waals surface area (Å²) in [6.07, 6.45) is 6.57. The first-order chi connectivity index (χ1) is 12.7. The number of benzene rings is 2. The molecule has 0 aliphatic rings. The molecule has 0 bridgehead atoms. The second kappa shape index (κ2) is 10.4. The first-order valence-electron chi connectivity index (χ1n) is 9.20. The maximum absolute atomic E-state index is 12.0. The average Bonchev–Trinajstić information content (AvgIpc) is 2.67. The van der Waals surface area contributed by atoms with Gasteiger partial charge in [-0.2, -0.15) is 0 Å². The Morgan fingerprint density at radius 2 is 1.19 bits per heavy atom. The lowest BCUT2D eigenvalue weighted by Gasteiger charge is -2.24. The van der Waals surface area contributed by atoms with E-state index in [1.54, 1.807) is 0 Å². The summed E-state index contributed by atoms with van der Waals surface area (Å²) < 4.78 is 0. The topological polar surface area (TPSA) is 37.3 Å². The Balaban J connectivity index is 2.19. The van der Waals surface area contributed by atoms with E-state index in [1.165, 1.54) is 11.1 Å². The van der Waals surface area contributed by atoms with Gasteiger partial charge in [-0.15, -0.1) is 13.2 Å². The molecule has 26 heavy (non-hydrogen) atoms. The number of carboxylic acids is 1. The first kappa shape index (κ1) is 19.7. The van der Waals surface area contributed by atoms with Crippen molar-refractivity contribution < 1.29 is 9.90 Å². The van der Waals surface area contributed by atoms with Gasteiger partial charge in [-0.1, -0.05) is 72.8 Å². The molecule has 0 heterocycles. The van der Waals surface area contributed by atoms with Crippen molar-refractivity contribution in [2.75, 3.05) is 0 Å². The van der Waals surface area contributed by atoms with E-state index >= 15 is 0 Å². The summed E-state index contributed by atoms with van der Waals surface area (Å²) in [5.74, 6) is -0.768. The van der Waals surface area contributed by atoms with Crippen molar-refractivity contribution in [3.63, 3.8) is 0 Å². The number of carboxylic acid groups (broad SMARTS) is 1. The van der Waals surface area contributed by atoms with Crippen molar-refractivity contribution in [2.24, 2.45) is 5.92 Å². The molecule has 2 aromatic carbocycles. The van der Waals surface area contributed by atoms with E-state index in [4.69, 9.17) is 0 Å². The molecule has 1 N–H and O–H groups in total. The highest BCUT2D eigenvalue weighted by molar-refractivity contribution is 5.70. The number of hydrogen-bond acceptors (Lipinski definition) is 1. The Morgan fingerprint density at radius 3 is 1.50 bits per heavy atom. The molecule has 136 valence electrons. The second-order valence-electron chi connectivity index (χ2n) is 6.77. The fraction of sp³-hybridized carbons (Fsp3) is 0.292. The van der Waals surface area contributed by atoms with Crippen LogP contribution < -0.4 is 0 Å². The van der Waals surface area contributed by atoms with Gasteiger partial charge in [0.2, 0.25) is 0 Å². The summed E-state index contributed by atoms with van der Waals surface area (Å²) in [5, 5.41) is 9.85. The number of allylic oxidation sites excluding steroid dienone is 2. The lowest BCUT2D eigenvalue weighted by Crippen LogP contribution is -2.20. The smallest absolute Gasteiger partial charge is 0.306 e. The van der Waals surface area contributed by atoms with E-state index in [0.717, 1.165) is 12.8 Å². The lowest BCUT2D eigenvalue weighted by molar-refractivity contribution is -0.142. The van der Waals surface area contributed by atoms with Crippen molar-refractivity contribution >= 4 is 5.97 Å². The van der Waals surface area contributed by atoms with Crippen LogP contribution in [0.4, 0.5) is 0 Å². The molecule has 0 saturated heterocycles. The highest BCUT2D eigenvalue weighted by Crippen LogP contribution is 2.34. The molecular weight excluding hydrogens is 320 g/mol. The fourth-order valence-electron chi connectivity index (χ4n) is 3.57. The van der Waals surface area contributed by atoms with Gasteiger partial charge in [-0.3, -0.25) is 4.79 Å². The summed E-state index contributed by atoms with van der Waals surface area (Å²) >= 11 is 0. The van der Waals surface area contributed by atoms with Gasteiger partial charge in [0.25, 0.3) is 0 Å². The molecule has 0 aliphatic heterocycles. The summed E-state index contributed by atoms with van der Waals surface area (Å²) in [5.41, 5.74) is 2.36. The normalized spacial score (nSPS) is 14.2. The van der Waals surface area contributed by atoms with Gasteiger partial charge in [0, 0.05) is 0 Å². The van der Waals surface area contributed by atoms with Crippen molar-refractivity contribution in [1.82, 2.24) is 0 Å². The molecular formula is C24H28O2. The molecule has 2 nitrogen and oxygen atoms in total. The van der Waals surface area contributed by atoms with Crippen LogP contribution in [0.15, 0.2) is 86.0 Å². The number of aliphatic carboxylic acids is 1. The molecule has 0 aromatic heterocycles. The molecule has 2 unspecified atom stereocenters. The van der Waals surface area contributed by atoms with E-state index in [0.29, 0.717) is 12.8 Å². The minimum absolute atomic E-state index is 0.176. The van der Waals surface area contributed by atoms with Gasteiger partial charge < -0.3 is 5.11 Å². The summed E-state index contributed by atoms with van der Waals surface area (Å²) in [6, 6.07) is 20.3. The first-order valence-corrected chi connectivity index (χ1v) is 9.20. The third-order valence-electron chi connectivity index (χ3n) is 4.93. The van der Waals surface area contributed by atoms with Gasteiger partial charge in [-0.25, -0.2) is 0 Å². The van der Waals surface area contributed by atoms with Crippen LogP contribution in [-0.4, -0.2) is 11.1 Å². The van der Waals surface area contributed by atoms with Crippen LogP contribution in [0.25, 0.3) is 0 Å². The zero-order valence-electron chi connectivity index (χ0n) is 15.3. The van der Waals surface area contributed by atoms with Gasteiger partial charge in [0.15, 0.2) is 0 Å². The number of carbonyl (C=O) groups is 1. The van der Waals surface area contributed by atoms with Crippen molar-refractivity contribution in [3.8, 4) is 0 Å². The molecule has 0 spiro atoms. The summed E-state index contributed by atoms with van der Waals surface area (Å²) in [6.45, 7) is 7.71. The maximum Gasteiger partial charge on any atom is 0.306 e. The molecule has 2 rings (SSSR count). The standard InChI is InChI=1S/C24H28O2/c1-3-11-21(19-13-7-5-8-14-19)17-23(24(25)26)18-22(12-4-2)20-15-9-6-10-16-20/h3-10,13-16,21-23H,1-2,11-12,17-18H2,(H,25,26). The Morgan fingerprint density at radius 1 is 0.808 bits per heavy atom. The highest BCUT2D eigenvalue weighted by Gasteiger charge is 2.26. The zero-order valence-corrected chi connectivity index (χ0v) is 15.3. The minimum Gasteiger partial charge on any atom is -0.481 e. The molecule has 2 atom stereocenters. The van der Waals surface area contributed by atoms with E-state index < -0.39 is 11.9 Å². The van der Waals surface area contributed by atoms with Crippen LogP contribution in [0, 0.1) is 5.92 Å². The van der Waals surface area contributed by atoms with Crippen LogP contribution in [0.2, 0.25) is 0 Å². The summed E-state index contributed by atoms with van der Waals surface area (Å²) in [4.78, 5) is 12.0. The zero-order chi connectivity index (χ0) is 18.8. The third-order valence-corrected chi connectivity index (χ3v) is 4.93. The predicted molar refractivity (Wildman–Crippen MR) is 108 cm³/mol. The maximum atomic E-state index is 12.0. The number of rotatable bonds is 11. The predicted octanol–water partition coefficient (Wildman–Crippen LogP) is 6.19. The van der Waals surface area contributed by atoms with Crippen LogP contribution >= 0.6 is 0 Å². The molecule has 0 aliphatic carbocycles. The Bertz CT molecular complexity index is 635. The van der Waals surface area contributed by atoms with Crippen molar-refractivity contribution in [2.45, 2.75) is 37.5 Å². The largest absolute Gasteiger partial charge is 0.481 e. The van der Waals surface area contributed by atoms with Crippen LogP contribution in [0.1, 0.15) is 48.6 Å². The average molecular weight is 348 g/mol. The van der Waals surface area contributed by atoms with E-state index in [9.17, 15) is 9.90 Å². The monoisotopic (exact) mass is 348 g/mol. The molecule has 0 amide bonds. The van der Waals surface area contributed by atoms with Crippen LogP contribution in [0.5, 0.6) is 0 Å². The van der Waals surface area contributed by atoms with Crippen molar-refractivity contribution in [1.29, 1.82) is 0 Å². The van der Waals surface area contributed by atoms with E-state index in [1.807, 2.05) is 48.6 Å². The second-order valence-corrected chi connectivity index (χ2v) is 6.77. The highest BCUT2D eigenvalue weighted by atomic mass is 16.4. The Hall–Kier alpha value is -2.61. The Kier molecular flexibility index (Phi) is 7.88. The fourth-order valence-corrected chi connectivity index (χ4v) is 3.57. The van der Waals surface area contributed by atoms with Gasteiger partial charge in [-0.05, 0) is 48.6 Å². The van der Waals surface area contributed by atoms with Gasteiger partial charge >= 0.3 is 5.97 Å². The summed E-state index contributed by atoms with van der Waals surface area (Å²) in [7, 11) is 0. The van der Waals surface area contributed by atoms with Crippen molar-refractivity contribution in [3.05, 3.63) is 97.1 Å². The van der Waals surface area contributed by atoms with Crippen LogP contribution in [0.3, 0.4) is 0 Å². The number of hydrogen-bond donors (Lipinski definition) is 1. The quantitative estimate of drug-likeness (QED) is 0.492. The minimum atomic E-state index is -0.722. The SMILES string of the molecule is C=CCC(CC(CC(CC=C)c1ccccc1)C(=O)O)c1ccccc1. The molecule has 0 radical (unpaired) electrons. The molecule has 2 aromatic rings. The van der Waals surface area contributed by atoms with Crippen LogP contribution in [-0.2, 0) is 4.79 Å².